The average molecular weight is 314 g/mol. The summed E-state index contributed by atoms with van der Waals surface area (Å²) in [5.41, 5.74) is 1.41. The van der Waals surface area contributed by atoms with Crippen LogP contribution in [0.2, 0.25) is 0 Å². The van der Waals surface area contributed by atoms with Crippen molar-refractivity contribution >= 4 is 5.78 Å². The summed E-state index contributed by atoms with van der Waals surface area (Å²) in [5.74, 6) is -0.407. The molecule has 0 aliphatic heterocycles. The summed E-state index contributed by atoms with van der Waals surface area (Å²) >= 11 is 0. The SMILES string of the molecule is C=C[C@@]1(C)CCC2=C(C1)C(=O)C(O)=C1[C@](C)(CO)CC=C[C@]21C. The molecule has 3 nitrogen and oxygen atoms in total. The van der Waals surface area contributed by atoms with Crippen molar-refractivity contribution in [3.63, 3.8) is 0 Å². The van der Waals surface area contributed by atoms with Gasteiger partial charge in [0.2, 0.25) is 5.78 Å². The Kier molecular flexibility index (Phi) is 3.49. The average Bonchev–Trinajstić information content (AvgIpc) is 2.52. The molecular formula is C20H26O3. The van der Waals surface area contributed by atoms with Gasteiger partial charge in [-0.25, -0.2) is 0 Å². The number of carbonyl (C=O) groups is 1. The Morgan fingerprint density at radius 3 is 2.65 bits per heavy atom. The van der Waals surface area contributed by atoms with E-state index in [4.69, 9.17) is 0 Å². The van der Waals surface area contributed by atoms with Crippen LogP contribution in [0.4, 0.5) is 0 Å². The molecule has 3 atom stereocenters. The monoisotopic (exact) mass is 314 g/mol. The zero-order chi connectivity index (χ0) is 17.0. The topological polar surface area (TPSA) is 57.5 Å². The fourth-order valence-electron chi connectivity index (χ4n) is 4.68. The van der Waals surface area contributed by atoms with Crippen LogP contribution in [0, 0.1) is 16.2 Å². The first-order chi connectivity index (χ1) is 10.7. The van der Waals surface area contributed by atoms with Crippen molar-refractivity contribution in [1.82, 2.24) is 0 Å². The fraction of sp³-hybridized carbons (Fsp3) is 0.550. The normalized spacial score (nSPS) is 40.1. The Balaban J connectivity index is 2.21. The maximum Gasteiger partial charge on any atom is 0.223 e. The molecule has 2 N–H and O–H groups in total. The molecule has 0 fully saturated rings. The number of hydrogen-bond donors (Lipinski definition) is 2. The molecule has 0 aromatic rings. The molecule has 3 rings (SSSR count). The first kappa shape index (κ1) is 16.3. The standard InChI is InChI=1S/C20H26O3/c1-5-18(2)10-7-14-13(11-18)15(22)16(23)17-19(3,12-21)8-6-9-20(14,17)4/h5-6,9,21,23H,1,7-8,10-12H2,2-4H3/t18-,19-,20+/m0/s1. The number of allylic oxidation sites excluding steroid dienone is 5. The molecule has 0 saturated carbocycles. The van der Waals surface area contributed by atoms with E-state index in [1.165, 1.54) is 0 Å². The predicted octanol–water partition coefficient (Wildman–Crippen LogP) is 4.02. The molecule has 3 heteroatoms. The lowest BCUT2D eigenvalue weighted by Gasteiger charge is -2.50. The molecule has 23 heavy (non-hydrogen) atoms. The van der Waals surface area contributed by atoms with Crippen molar-refractivity contribution in [1.29, 1.82) is 0 Å². The van der Waals surface area contributed by atoms with Gasteiger partial charge in [-0.1, -0.05) is 32.1 Å². The van der Waals surface area contributed by atoms with Crippen LogP contribution in [0.15, 0.2) is 47.3 Å². The van der Waals surface area contributed by atoms with Gasteiger partial charge in [0.25, 0.3) is 0 Å². The van der Waals surface area contributed by atoms with E-state index in [1.54, 1.807) is 0 Å². The second-order valence-electron chi connectivity index (χ2n) is 8.07. The Hall–Kier alpha value is -1.61. The van der Waals surface area contributed by atoms with Crippen LogP contribution in [0.1, 0.15) is 46.5 Å². The number of carbonyl (C=O) groups excluding carboxylic acids is 1. The number of Topliss-reactive ketones (excluding diaryl/α,β-unsaturated/α-hetero) is 1. The molecule has 0 radical (unpaired) electrons. The quantitative estimate of drug-likeness (QED) is 0.757. The van der Waals surface area contributed by atoms with Crippen molar-refractivity contribution < 1.29 is 15.0 Å². The molecular weight excluding hydrogens is 288 g/mol. The molecule has 3 aliphatic carbocycles. The predicted molar refractivity (Wildman–Crippen MR) is 90.9 cm³/mol. The van der Waals surface area contributed by atoms with Crippen LogP contribution < -0.4 is 0 Å². The summed E-state index contributed by atoms with van der Waals surface area (Å²) < 4.78 is 0. The molecule has 0 unspecified atom stereocenters. The first-order valence-corrected chi connectivity index (χ1v) is 8.34. The van der Waals surface area contributed by atoms with Gasteiger partial charge in [-0.05, 0) is 49.2 Å². The summed E-state index contributed by atoms with van der Waals surface area (Å²) in [6, 6.07) is 0. The number of aliphatic hydroxyl groups is 2. The molecule has 0 saturated heterocycles. The van der Waals surface area contributed by atoms with Crippen molar-refractivity contribution in [2.24, 2.45) is 16.2 Å². The zero-order valence-corrected chi connectivity index (χ0v) is 14.3. The summed E-state index contributed by atoms with van der Waals surface area (Å²) in [4.78, 5) is 12.9. The third kappa shape index (κ3) is 2.09. The molecule has 3 aliphatic rings. The van der Waals surface area contributed by atoms with Crippen LogP contribution >= 0.6 is 0 Å². The summed E-state index contributed by atoms with van der Waals surface area (Å²) in [6.45, 7) is 9.95. The van der Waals surface area contributed by atoms with Crippen molar-refractivity contribution in [3.8, 4) is 0 Å². The second-order valence-corrected chi connectivity index (χ2v) is 8.07. The maximum absolute atomic E-state index is 12.9. The number of fused-ring (bicyclic) bond motifs is 2. The highest BCUT2D eigenvalue weighted by Gasteiger charge is 2.52. The Labute approximate surface area is 138 Å². The van der Waals surface area contributed by atoms with Crippen molar-refractivity contribution in [3.05, 3.63) is 47.3 Å². The molecule has 124 valence electrons. The largest absolute Gasteiger partial charge is 0.504 e. The first-order valence-electron chi connectivity index (χ1n) is 8.34. The minimum Gasteiger partial charge on any atom is -0.504 e. The van der Waals surface area contributed by atoms with E-state index in [0.717, 1.165) is 24.0 Å². The van der Waals surface area contributed by atoms with E-state index in [-0.39, 0.29) is 23.6 Å². The van der Waals surface area contributed by atoms with Crippen LogP contribution in [-0.2, 0) is 4.79 Å². The molecule has 0 aromatic heterocycles. The van der Waals surface area contributed by atoms with Crippen LogP contribution in [0.3, 0.4) is 0 Å². The molecule has 0 amide bonds. The lowest BCUT2D eigenvalue weighted by Crippen LogP contribution is -2.44. The van der Waals surface area contributed by atoms with E-state index < -0.39 is 10.8 Å². The van der Waals surface area contributed by atoms with Gasteiger partial charge >= 0.3 is 0 Å². The molecule has 0 bridgehead atoms. The number of ketones is 1. The zero-order valence-electron chi connectivity index (χ0n) is 14.3. The Bertz CT molecular complexity index is 681. The minimum absolute atomic E-state index is 0.0768. The molecule has 0 heterocycles. The van der Waals surface area contributed by atoms with E-state index >= 15 is 0 Å². The molecule has 0 spiro atoms. The van der Waals surface area contributed by atoms with Crippen LogP contribution in [0.5, 0.6) is 0 Å². The van der Waals surface area contributed by atoms with Gasteiger partial charge in [0.05, 0.1) is 6.61 Å². The second kappa shape index (κ2) is 4.94. The fourth-order valence-corrected chi connectivity index (χ4v) is 4.68. The van der Waals surface area contributed by atoms with Crippen molar-refractivity contribution in [2.45, 2.75) is 46.5 Å². The van der Waals surface area contributed by atoms with Gasteiger partial charge in [0.15, 0.2) is 5.76 Å². The number of rotatable bonds is 2. The third-order valence-corrected chi connectivity index (χ3v) is 6.23. The van der Waals surface area contributed by atoms with Gasteiger partial charge in [0.1, 0.15) is 0 Å². The van der Waals surface area contributed by atoms with E-state index in [9.17, 15) is 15.0 Å². The van der Waals surface area contributed by atoms with Gasteiger partial charge in [0, 0.05) is 16.4 Å². The summed E-state index contributed by atoms with van der Waals surface area (Å²) in [7, 11) is 0. The number of aliphatic hydroxyl groups excluding tert-OH is 2. The van der Waals surface area contributed by atoms with E-state index in [2.05, 4.69) is 32.6 Å². The highest BCUT2D eigenvalue weighted by atomic mass is 16.3. The van der Waals surface area contributed by atoms with Crippen LogP contribution in [-0.4, -0.2) is 22.6 Å². The smallest absolute Gasteiger partial charge is 0.223 e. The van der Waals surface area contributed by atoms with Gasteiger partial charge in [-0.15, -0.1) is 6.58 Å². The lowest BCUT2D eigenvalue weighted by molar-refractivity contribution is -0.115. The van der Waals surface area contributed by atoms with E-state index in [1.807, 2.05) is 13.0 Å². The Morgan fingerprint density at radius 1 is 1.35 bits per heavy atom. The van der Waals surface area contributed by atoms with Gasteiger partial charge < -0.3 is 10.2 Å². The highest BCUT2D eigenvalue weighted by Crippen LogP contribution is 2.59. The minimum atomic E-state index is -0.582. The Morgan fingerprint density at radius 2 is 2.04 bits per heavy atom. The van der Waals surface area contributed by atoms with Gasteiger partial charge in [-0.2, -0.15) is 0 Å². The van der Waals surface area contributed by atoms with E-state index in [0.29, 0.717) is 18.4 Å². The van der Waals surface area contributed by atoms with Crippen LogP contribution in [0.25, 0.3) is 0 Å². The molecule has 0 aromatic carbocycles. The summed E-state index contributed by atoms with van der Waals surface area (Å²) in [6.07, 6.45) is 9.15. The highest BCUT2D eigenvalue weighted by molar-refractivity contribution is 6.09. The van der Waals surface area contributed by atoms with Gasteiger partial charge in [-0.3, -0.25) is 4.79 Å². The van der Waals surface area contributed by atoms with Crippen molar-refractivity contribution in [2.75, 3.05) is 6.61 Å². The number of hydrogen-bond acceptors (Lipinski definition) is 3. The maximum atomic E-state index is 12.9. The lowest BCUT2D eigenvalue weighted by atomic mass is 9.53. The third-order valence-electron chi connectivity index (χ3n) is 6.23. The summed E-state index contributed by atoms with van der Waals surface area (Å²) in [5, 5.41) is 20.6.